The number of thioether (sulfide) groups is 1. The van der Waals surface area contributed by atoms with Crippen LogP contribution < -0.4 is 9.47 Å². The smallest absolute Gasteiger partial charge is 0.286 e. The van der Waals surface area contributed by atoms with Crippen molar-refractivity contribution in [2.24, 2.45) is 4.99 Å². The minimum atomic E-state index is -0.754. The summed E-state index contributed by atoms with van der Waals surface area (Å²) in [6, 6.07) is 16.8. The summed E-state index contributed by atoms with van der Waals surface area (Å²) in [5.41, 5.74) is 0. The fraction of sp³-hybridized carbons (Fsp3) is 0.278. The predicted molar refractivity (Wildman–Crippen MR) is 99.7 cm³/mol. The van der Waals surface area contributed by atoms with Gasteiger partial charge in [-0.05, 0) is 43.3 Å². The fourth-order valence-electron chi connectivity index (χ4n) is 2.17. The molecule has 26 heavy (non-hydrogen) atoms. The highest BCUT2D eigenvalue weighted by molar-refractivity contribution is 8.14. The Morgan fingerprint density at radius 2 is 1.81 bits per heavy atom. The summed E-state index contributed by atoms with van der Waals surface area (Å²) in [6.07, 6.45) is -0.271. The van der Waals surface area contributed by atoms with Crippen LogP contribution in [-0.2, 0) is 4.74 Å². The lowest BCUT2D eigenvalue weighted by atomic mass is 10.3. The number of aliphatic imine (C=N–C) groups is 1. The Kier molecular flexibility index (Phi) is 5.96. The Labute approximate surface area is 155 Å². The monoisotopic (exact) mass is 374 g/mol. The van der Waals surface area contributed by atoms with Gasteiger partial charge in [-0.15, -0.1) is 0 Å². The molecule has 0 bridgehead atoms. The number of para-hydroxylation sites is 1. The maximum Gasteiger partial charge on any atom is 0.286 e. The zero-order valence-corrected chi connectivity index (χ0v) is 14.9. The van der Waals surface area contributed by atoms with E-state index >= 15 is 0 Å². The average molecular weight is 374 g/mol. The van der Waals surface area contributed by atoms with E-state index in [2.05, 4.69) is 4.99 Å². The molecule has 0 saturated carbocycles. The van der Waals surface area contributed by atoms with Crippen molar-refractivity contribution in [1.29, 1.82) is 0 Å². The van der Waals surface area contributed by atoms with Gasteiger partial charge < -0.3 is 14.2 Å². The molecule has 0 amide bonds. The summed E-state index contributed by atoms with van der Waals surface area (Å²) in [5.74, 6) is 2.17. The Morgan fingerprint density at radius 1 is 1.15 bits per heavy atom. The maximum absolute atomic E-state index is 10.7. The van der Waals surface area contributed by atoms with E-state index in [9.17, 15) is 10.1 Å². The van der Waals surface area contributed by atoms with Crippen molar-refractivity contribution >= 4 is 17.0 Å². The summed E-state index contributed by atoms with van der Waals surface area (Å²) in [7, 11) is 0. The van der Waals surface area contributed by atoms with E-state index in [0.717, 1.165) is 23.3 Å². The van der Waals surface area contributed by atoms with E-state index in [4.69, 9.17) is 14.2 Å². The molecule has 2 aromatic rings. The molecule has 3 rings (SSSR count). The topological polar surface area (TPSA) is 83.2 Å². The maximum atomic E-state index is 10.7. The van der Waals surface area contributed by atoms with Crippen molar-refractivity contribution in [3.05, 3.63) is 64.7 Å². The van der Waals surface area contributed by atoms with Gasteiger partial charge in [-0.3, -0.25) is 10.1 Å². The Bertz CT molecular complexity index is 767. The second-order valence-corrected chi connectivity index (χ2v) is 6.72. The number of nitro groups is 1. The highest BCUT2D eigenvalue weighted by Gasteiger charge is 2.31. The van der Waals surface area contributed by atoms with Crippen LogP contribution >= 0.6 is 11.8 Å². The first kappa shape index (κ1) is 18.1. The van der Waals surface area contributed by atoms with Crippen molar-refractivity contribution in [3.8, 4) is 17.2 Å². The molecule has 0 saturated heterocycles. The summed E-state index contributed by atoms with van der Waals surface area (Å²) in [4.78, 5) is 14.4. The van der Waals surface area contributed by atoms with Crippen LogP contribution in [0.25, 0.3) is 0 Å². The molecule has 1 aliphatic rings. The zero-order chi connectivity index (χ0) is 18.4. The SMILES string of the molecule is CC(COc1ccc(Oc2ccccc2)cc1)OC1=NCC([N+](=O)[O-])S1. The molecule has 0 radical (unpaired) electrons. The molecule has 0 N–H and O–H groups in total. The van der Waals surface area contributed by atoms with Gasteiger partial charge in [-0.1, -0.05) is 18.2 Å². The van der Waals surface area contributed by atoms with Crippen LogP contribution in [0.2, 0.25) is 0 Å². The van der Waals surface area contributed by atoms with Gasteiger partial charge in [0.05, 0.1) is 0 Å². The van der Waals surface area contributed by atoms with Crippen LogP contribution in [0.5, 0.6) is 17.2 Å². The third-order valence-electron chi connectivity index (χ3n) is 3.44. The van der Waals surface area contributed by atoms with Crippen LogP contribution in [0.3, 0.4) is 0 Å². The second-order valence-electron chi connectivity index (χ2n) is 5.59. The highest BCUT2D eigenvalue weighted by atomic mass is 32.2. The van der Waals surface area contributed by atoms with Crippen molar-refractivity contribution in [3.63, 3.8) is 0 Å². The first-order valence-electron chi connectivity index (χ1n) is 8.07. The van der Waals surface area contributed by atoms with Crippen molar-refractivity contribution < 1.29 is 19.1 Å². The average Bonchev–Trinajstić information content (AvgIpc) is 3.11. The van der Waals surface area contributed by atoms with Crippen molar-refractivity contribution in [2.75, 3.05) is 13.2 Å². The molecule has 2 atom stereocenters. The molecular formula is C18H18N2O5S. The standard InChI is InChI=1S/C18H18N2O5S/c1-13(24-18-19-11-17(26-18)20(21)22)12-23-14-7-9-16(10-8-14)25-15-5-3-2-4-6-15/h2-10,13,17H,11-12H2,1H3. The lowest BCUT2D eigenvalue weighted by Gasteiger charge is -2.15. The summed E-state index contributed by atoms with van der Waals surface area (Å²) in [5, 5.41) is 10.3. The van der Waals surface area contributed by atoms with Crippen molar-refractivity contribution in [1.82, 2.24) is 0 Å². The molecule has 0 fully saturated rings. The number of hydrogen-bond donors (Lipinski definition) is 0. The first-order chi connectivity index (χ1) is 12.6. The van der Waals surface area contributed by atoms with E-state index in [-0.39, 0.29) is 17.6 Å². The van der Waals surface area contributed by atoms with E-state index < -0.39 is 5.37 Å². The molecular weight excluding hydrogens is 356 g/mol. The van der Waals surface area contributed by atoms with Crippen LogP contribution in [0.1, 0.15) is 6.92 Å². The van der Waals surface area contributed by atoms with Crippen LogP contribution in [0, 0.1) is 10.1 Å². The number of nitrogens with zero attached hydrogens (tertiary/aromatic N) is 2. The highest BCUT2D eigenvalue weighted by Crippen LogP contribution is 2.25. The second kappa shape index (κ2) is 8.57. The van der Waals surface area contributed by atoms with E-state index in [1.807, 2.05) is 61.5 Å². The number of hydrogen-bond acceptors (Lipinski definition) is 7. The van der Waals surface area contributed by atoms with Gasteiger partial charge in [0, 0.05) is 16.7 Å². The van der Waals surface area contributed by atoms with Crippen LogP contribution in [0.4, 0.5) is 0 Å². The molecule has 1 aliphatic heterocycles. The third-order valence-corrected chi connectivity index (χ3v) is 4.46. The fourth-order valence-corrected chi connectivity index (χ4v) is 3.00. The number of ether oxygens (including phenoxy) is 3. The van der Waals surface area contributed by atoms with Gasteiger partial charge in [-0.25, -0.2) is 4.99 Å². The van der Waals surface area contributed by atoms with E-state index in [1.54, 1.807) is 0 Å². The molecule has 2 unspecified atom stereocenters. The molecule has 1 heterocycles. The van der Waals surface area contributed by atoms with Gasteiger partial charge in [0.15, 0.2) is 0 Å². The number of rotatable bonds is 7. The quantitative estimate of drug-likeness (QED) is 0.539. The molecule has 7 nitrogen and oxygen atoms in total. The van der Waals surface area contributed by atoms with E-state index in [1.165, 1.54) is 0 Å². The Balaban J connectivity index is 1.44. The molecule has 0 aromatic heterocycles. The lowest BCUT2D eigenvalue weighted by molar-refractivity contribution is -0.491. The summed E-state index contributed by atoms with van der Waals surface area (Å²) < 4.78 is 17.0. The normalized spacial score (nSPS) is 17.3. The van der Waals surface area contributed by atoms with Crippen molar-refractivity contribution in [2.45, 2.75) is 18.4 Å². The summed E-state index contributed by atoms with van der Waals surface area (Å²) in [6.45, 7) is 2.28. The molecule has 2 aromatic carbocycles. The molecule has 136 valence electrons. The van der Waals surface area contributed by atoms with E-state index in [0.29, 0.717) is 17.6 Å². The minimum absolute atomic E-state index is 0.142. The molecule has 8 heteroatoms. The largest absolute Gasteiger partial charge is 0.490 e. The first-order valence-corrected chi connectivity index (χ1v) is 8.95. The van der Waals surface area contributed by atoms with Crippen LogP contribution in [0.15, 0.2) is 59.6 Å². The van der Waals surface area contributed by atoms with Gasteiger partial charge in [0.2, 0.25) is 0 Å². The van der Waals surface area contributed by atoms with Crippen LogP contribution in [-0.4, -0.2) is 34.8 Å². The zero-order valence-electron chi connectivity index (χ0n) is 14.1. The van der Waals surface area contributed by atoms with Gasteiger partial charge >= 0.3 is 0 Å². The van der Waals surface area contributed by atoms with Gasteiger partial charge in [-0.2, -0.15) is 0 Å². The molecule has 0 aliphatic carbocycles. The minimum Gasteiger partial charge on any atom is -0.490 e. The predicted octanol–water partition coefficient (Wildman–Crippen LogP) is 3.97. The number of benzene rings is 2. The summed E-state index contributed by atoms with van der Waals surface area (Å²) >= 11 is 1.03. The molecule has 0 spiro atoms. The lowest BCUT2D eigenvalue weighted by Crippen LogP contribution is -2.21. The van der Waals surface area contributed by atoms with Gasteiger partial charge in [0.1, 0.15) is 36.5 Å². The van der Waals surface area contributed by atoms with Gasteiger partial charge in [0.25, 0.3) is 10.6 Å². The third kappa shape index (κ3) is 5.13. The Hall–Kier alpha value is -2.74. The Morgan fingerprint density at radius 3 is 2.46 bits per heavy atom.